The Morgan fingerprint density at radius 2 is 2.18 bits per heavy atom. The van der Waals surface area contributed by atoms with Gasteiger partial charge in [0, 0.05) is 25.2 Å². The van der Waals surface area contributed by atoms with E-state index in [2.05, 4.69) is 34.2 Å². The van der Waals surface area contributed by atoms with Crippen LogP contribution in [0.2, 0.25) is 0 Å². The molecule has 2 aliphatic heterocycles. The summed E-state index contributed by atoms with van der Waals surface area (Å²) in [5.41, 5.74) is 0. The van der Waals surface area contributed by atoms with Crippen molar-refractivity contribution in [2.75, 3.05) is 18.0 Å². The van der Waals surface area contributed by atoms with Gasteiger partial charge in [-0.15, -0.1) is 0 Å². The van der Waals surface area contributed by atoms with Crippen molar-refractivity contribution in [3.05, 3.63) is 5.89 Å². The van der Waals surface area contributed by atoms with Gasteiger partial charge in [0.15, 0.2) is 0 Å². The minimum absolute atomic E-state index is 0.436. The molecule has 0 aromatic carbocycles. The number of nitrogens with one attached hydrogen (secondary N) is 1. The van der Waals surface area contributed by atoms with Crippen molar-refractivity contribution in [1.29, 1.82) is 0 Å². The highest BCUT2D eigenvalue weighted by atomic mass is 16.5. The van der Waals surface area contributed by atoms with Crippen LogP contribution in [0.25, 0.3) is 0 Å². The molecule has 5 heteroatoms. The van der Waals surface area contributed by atoms with E-state index in [9.17, 15) is 0 Å². The summed E-state index contributed by atoms with van der Waals surface area (Å²) >= 11 is 0. The minimum atomic E-state index is 0.436. The van der Waals surface area contributed by atoms with E-state index in [-0.39, 0.29) is 0 Å². The zero-order valence-corrected chi connectivity index (χ0v) is 10.5. The highest BCUT2D eigenvalue weighted by molar-refractivity contribution is 5.28. The summed E-state index contributed by atoms with van der Waals surface area (Å²) < 4.78 is 5.44. The third-order valence-corrected chi connectivity index (χ3v) is 4.09. The van der Waals surface area contributed by atoms with E-state index in [1.807, 2.05) is 0 Å². The molecule has 17 heavy (non-hydrogen) atoms. The van der Waals surface area contributed by atoms with Crippen LogP contribution in [0.5, 0.6) is 0 Å². The van der Waals surface area contributed by atoms with E-state index in [1.54, 1.807) is 0 Å². The predicted molar refractivity (Wildman–Crippen MR) is 65.2 cm³/mol. The zero-order chi connectivity index (χ0) is 11.8. The van der Waals surface area contributed by atoms with Crippen molar-refractivity contribution in [2.45, 2.75) is 51.1 Å². The second-order valence-corrected chi connectivity index (χ2v) is 4.99. The summed E-state index contributed by atoms with van der Waals surface area (Å²) in [4.78, 5) is 6.68. The second-order valence-electron chi connectivity index (χ2n) is 4.99. The molecule has 1 N–H and O–H groups in total. The molecule has 0 amide bonds. The molecule has 2 aliphatic rings. The Hall–Kier alpha value is -1.10. The van der Waals surface area contributed by atoms with E-state index >= 15 is 0 Å². The summed E-state index contributed by atoms with van der Waals surface area (Å²) in [7, 11) is 0. The maximum atomic E-state index is 5.44. The average molecular weight is 236 g/mol. The number of hydrogen-bond acceptors (Lipinski definition) is 5. The number of rotatable bonds is 4. The third-order valence-electron chi connectivity index (χ3n) is 4.09. The van der Waals surface area contributed by atoms with Crippen LogP contribution in [0, 0.1) is 0 Å². The molecule has 3 rings (SSSR count). The highest BCUT2D eigenvalue weighted by Crippen LogP contribution is 2.39. The Bertz CT molecular complexity index is 388. The molecular formula is C12H20N4O. The number of anilines is 1. The molecule has 0 aliphatic carbocycles. The fraction of sp³-hybridized carbons (Fsp3) is 0.833. The van der Waals surface area contributed by atoms with Gasteiger partial charge >= 0.3 is 0 Å². The van der Waals surface area contributed by atoms with Crippen LogP contribution in [0.3, 0.4) is 0 Å². The fourth-order valence-electron chi connectivity index (χ4n) is 3.11. The van der Waals surface area contributed by atoms with E-state index in [4.69, 9.17) is 4.52 Å². The fourth-order valence-corrected chi connectivity index (χ4v) is 3.11. The zero-order valence-electron chi connectivity index (χ0n) is 10.5. The summed E-state index contributed by atoms with van der Waals surface area (Å²) in [6, 6.07) is 1.24. The third kappa shape index (κ3) is 1.82. The van der Waals surface area contributed by atoms with Crippen molar-refractivity contribution < 1.29 is 4.52 Å². The van der Waals surface area contributed by atoms with Crippen molar-refractivity contribution in [2.24, 2.45) is 0 Å². The van der Waals surface area contributed by atoms with Gasteiger partial charge in [-0.1, -0.05) is 0 Å². The minimum Gasteiger partial charge on any atom is -0.339 e. The molecule has 5 nitrogen and oxygen atoms in total. The van der Waals surface area contributed by atoms with Crippen molar-refractivity contribution in [3.8, 4) is 0 Å². The summed E-state index contributed by atoms with van der Waals surface area (Å²) in [5.74, 6) is 2.00. The quantitative estimate of drug-likeness (QED) is 0.859. The standard InChI is InChI=1S/C12H20N4O/c1-3-16(4-2)12-14-11(17-15-12)9-7-8-5-6-10(9)13-8/h8-10,13H,3-7H2,1-2H3. The first-order chi connectivity index (χ1) is 8.31. The van der Waals surface area contributed by atoms with Gasteiger partial charge in [-0.25, -0.2) is 0 Å². The molecule has 94 valence electrons. The molecular weight excluding hydrogens is 216 g/mol. The number of hydrogen-bond donors (Lipinski definition) is 1. The molecule has 0 saturated carbocycles. The van der Waals surface area contributed by atoms with Crippen molar-refractivity contribution in [1.82, 2.24) is 15.5 Å². The Labute approximate surface area is 102 Å². The lowest BCUT2D eigenvalue weighted by Gasteiger charge is -2.16. The maximum absolute atomic E-state index is 5.44. The molecule has 1 aromatic rings. The van der Waals surface area contributed by atoms with E-state index in [0.29, 0.717) is 18.0 Å². The van der Waals surface area contributed by atoms with Gasteiger partial charge in [0.25, 0.3) is 5.95 Å². The molecule has 0 radical (unpaired) electrons. The predicted octanol–water partition coefficient (Wildman–Crippen LogP) is 1.52. The Morgan fingerprint density at radius 1 is 1.35 bits per heavy atom. The van der Waals surface area contributed by atoms with Crippen LogP contribution in [0.1, 0.15) is 44.9 Å². The van der Waals surface area contributed by atoms with Crippen LogP contribution in [0.15, 0.2) is 4.52 Å². The van der Waals surface area contributed by atoms with Crippen molar-refractivity contribution in [3.63, 3.8) is 0 Å². The first kappa shape index (κ1) is 11.0. The molecule has 0 spiro atoms. The van der Waals surface area contributed by atoms with Gasteiger partial charge in [0.1, 0.15) is 0 Å². The molecule has 1 aromatic heterocycles. The average Bonchev–Trinajstić information content (AvgIpc) is 3.06. The Balaban J connectivity index is 1.76. The van der Waals surface area contributed by atoms with Gasteiger partial charge in [0.05, 0.1) is 5.92 Å². The largest absolute Gasteiger partial charge is 0.339 e. The molecule has 3 atom stereocenters. The van der Waals surface area contributed by atoms with Gasteiger partial charge in [-0.3, -0.25) is 0 Å². The maximum Gasteiger partial charge on any atom is 0.266 e. The number of aromatic nitrogens is 2. The van der Waals surface area contributed by atoms with E-state index in [1.165, 1.54) is 12.8 Å². The Kier molecular flexibility index (Phi) is 2.78. The van der Waals surface area contributed by atoms with Gasteiger partial charge in [0.2, 0.25) is 5.89 Å². The molecule has 2 fully saturated rings. The number of nitrogens with zero attached hydrogens (tertiary/aromatic N) is 3. The molecule has 2 saturated heterocycles. The monoisotopic (exact) mass is 236 g/mol. The van der Waals surface area contributed by atoms with Gasteiger partial charge in [-0.2, -0.15) is 4.98 Å². The molecule has 2 bridgehead atoms. The summed E-state index contributed by atoms with van der Waals surface area (Å²) in [6.45, 7) is 6.06. The molecule has 3 unspecified atom stereocenters. The SMILES string of the molecule is CCN(CC)c1noc(C2CC3CCC2N3)n1. The summed E-state index contributed by atoms with van der Waals surface area (Å²) in [5, 5.41) is 7.70. The topological polar surface area (TPSA) is 54.2 Å². The van der Waals surface area contributed by atoms with Crippen LogP contribution in [-0.2, 0) is 0 Å². The van der Waals surface area contributed by atoms with Crippen LogP contribution in [0.4, 0.5) is 5.95 Å². The summed E-state index contributed by atoms with van der Waals surface area (Å²) in [6.07, 6.45) is 3.71. The second kappa shape index (κ2) is 4.29. The highest BCUT2D eigenvalue weighted by Gasteiger charge is 2.42. The van der Waals surface area contributed by atoms with Gasteiger partial charge in [-0.05, 0) is 38.3 Å². The molecule has 3 heterocycles. The lowest BCUT2D eigenvalue weighted by atomic mass is 9.89. The first-order valence-electron chi connectivity index (χ1n) is 6.66. The lowest BCUT2D eigenvalue weighted by Crippen LogP contribution is -2.24. The van der Waals surface area contributed by atoms with Gasteiger partial charge < -0.3 is 14.7 Å². The first-order valence-corrected chi connectivity index (χ1v) is 6.66. The van der Waals surface area contributed by atoms with E-state index in [0.717, 1.165) is 31.3 Å². The van der Waals surface area contributed by atoms with Crippen LogP contribution < -0.4 is 10.2 Å². The van der Waals surface area contributed by atoms with Crippen molar-refractivity contribution >= 4 is 5.95 Å². The van der Waals surface area contributed by atoms with Crippen LogP contribution in [-0.4, -0.2) is 35.3 Å². The lowest BCUT2D eigenvalue weighted by molar-refractivity contribution is 0.329. The van der Waals surface area contributed by atoms with E-state index < -0.39 is 0 Å². The smallest absolute Gasteiger partial charge is 0.266 e. The normalized spacial score (nSPS) is 31.1. The Morgan fingerprint density at radius 3 is 2.76 bits per heavy atom. The number of fused-ring (bicyclic) bond motifs is 2. The van der Waals surface area contributed by atoms with Crippen LogP contribution >= 0.6 is 0 Å².